The number of aryl methyl sites for hydroxylation is 1. The van der Waals surface area contributed by atoms with Crippen LogP contribution in [0.15, 0.2) is 48.7 Å². The maximum atomic E-state index is 14.3. The van der Waals surface area contributed by atoms with Gasteiger partial charge in [-0.1, -0.05) is 23.4 Å². The fourth-order valence-corrected chi connectivity index (χ4v) is 7.98. The number of para-hydroxylation sites is 2. The van der Waals surface area contributed by atoms with Gasteiger partial charge in [-0.25, -0.2) is 13.8 Å². The van der Waals surface area contributed by atoms with Crippen LogP contribution in [-0.2, 0) is 32.2 Å². The first-order valence-corrected chi connectivity index (χ1v) is 20.0. The number of carbonyl (C=O) groups is 5. The summed E-state index contributed by atoms with van der Waals surface area (Å²) in [5.74, 6) is -2.52. The zero-order valence-electron chi connectivity index (χ0n) is 32.7. The molecule has 20 nitrogen and oxygen atoms in total. The van der Waals surface area contributed by atoms with Crippen LogP contribution in [0.25, 0.3) is 17.0 Å². The number of ether oxygens (including phenoxy) is 1. The van der Waals surface area contributed by atoms with E-state index in [9.17, 15) is 32.8 Å². The van der Waals surface area contributed by atoms with Crippen molar-refractivity contribution in [1.82, 2.24) is 54.6 Å². The van der Waals surface area contributed by atoms with Crippen molar-refractivity contribution in [2.45, 2.75) is 51.2 Å². The second kappa shape index (κ2) is 16.7. The van der Waals surface area contributed by atoms with Gasteiger partial charge in [0.1, 0.15) is 6.04 Å². The summed E-state index contributed by atoms with van der Waals surface area (Å²) in [4.78, 5) is 89.0. The van der Waals surface area contributed by atoms with Crippen LogP contribution in [0, 0.1) is 0 Å². The third kappa shape index (κ3) is 7.98. The van der Waals surface area contributed by atoms with Gasteiger partial charge in [0, 0.05) is 71.4 Å². The minimum absolute atomic E-state index is 0.00173. The van der Waals surface area contributed by atoms with E-state index < -0.39 is 41.9 Å². The smallest absolute Gasteiger partial charge is 0.296 e. The molecule has 3 saturated heterocycles. The lowest BCUT2D eigenvalue weighted by Crippen LogP contribution is -2.54. The normalized spacial score (nSPS) is 18.7. The minimum atomic E-state index is -2.86. The van der Waals surface area contributed by atoms with E-state index in [1.165, 1.54) is 16.7 Å². The van der Waals surface area contributed by atoms with Gasteiger partial charge < -0.3 is 19.9 Å². The van der Waals surface area contributed by atoms with E-state index in [0.29, 0.717) is 94.9 Å². The van der Waals surface area contributed by atoms with Gasteiger partial charge in [0.25, 0.3) is 18.2 Å². The van der Waals surface area contributed by atoms with Crippen LogP contribution in [0.2, 0.25) is 0 Å². The van der Waals surface area contributed by atoms with Gasteiger partial charge in [-0.3, -0.25) is 48.3 Å². The van der Waals surface area contributed by atoms with Gasteiger partial charge in [-0.2, -0.15) is 15.0 Å². The maximum absolute atomic E-state index is 14.3. The Kier molecular flexibility index (Phi) is 10.8. The highest BCUT2D eigenvalue weighted by molar-refractivity contribution is 6.26. The Bertz CT molecular complexity index is 2530. The first kappa shape index (κ1) is 39.6. The monoisotopic (exact) mass is 838 g/mol. The molecule has 1 unspecified atom stereocenters. The molecule has 3 fully saturated rings. The molecule has 0 saturated carbocycles. The predicted molar refractivity (Wildman–Crippen MR) is 211 cm³/mol. The number of aromatic nitrogens is 8. The molecular weight excluding hydrogens is 799 g/mol. The summed E-state index contributed by atoms with van der Waals surface area (Å²) >= 11 is 0. The summed E-state index contributed by atoms with van der Waals surface area (Å²) in [6.07, 6.45) is -0.504. The lowest BCUT2D eigenvalue weighted by atomic mass is 10.0. The standard InChI is InChI=1S/C39H40F2N14O6/c40-32(41)33-43-25-6-1-2-8-27(25)54(33)39-46-37(45-38(47-39)52-17-19-61-20-18-52)51-15-13-50(14-16-51)21-23-22-53(49-48-23)12-4-9-29(56)42-26-7-3-5-24-31(26)36(60)55(35(24)59)28-10-11-30(57)44-34(28)58/h1-3,5-8,22,28,32H,4,9-21H2,(H,42,56)(H,44,57,58). The van der Waals surface area contributed by atoms with E-state index in [4.69, 9.17) is 14.7 Å². The number of morpholine rings is 1. The first-order valence-electron chi connectivity index (χ1n) is 20.0. The molecule has 9 rings (SSSR count). The number of anilines is 3. The molecule has 2 aromatic carbocycles. The summed E-state index contributed by atoms with van der Waals surface area (Å²) in [6, 6.07) is 10.3. The highest BCUT2D eigenvalue weighted by atomic mass is 19.3. The Hall–Kier alpha value is -6.81. The Morgan fingerprint density at radius 2 is 1.61 bits per heavy atom. The predicted octanol–water partition coefficient (Wildman–Crippen LogP) is 1.72. The Morgan fingerprint density at radius 3 is 2.36 bits per heavy atom. The van der Waals surface area contributed by atoms with Crippen LogP contribution in [0.3, 0.4) is 0 Å². The molecule has 4 aliphatic heterocycles. The molecule has 5 amide bonds. The molecule has 1 atom stereocenters. The van der Waals surface area contributed by atoms with E-state index >= 15 is 0 Å². The van der Waals surface area contributed by atoms with E-state index in [2.05, 4.69) is 35.8 Å². The van der Waals surface area contributed by atoms with Crippen LogP contribution in [0.5, 0.6) is 0 Å². The Labute approximate surface area is 345 Å². The van der Waals surface area contributed by atoms with Crippen molar-refractivity contribution in [1.29, 1.82) is 0 Å². The summed E-state index contributed by atoms with van der Waals surface area (Å²) in [5.41, 5.74) is 1.87. The lowest BCUT2D eigenvalue weighted by Gasteiger charge is -2.35. The topological polar surface area (TPSA) is 219 Å². The Balaban J connectivity index is 0.800. The van der Waals surface area contributed by atoms with E-state index in [0.717, 1.165) is 10.6 Å². The third-order valence-corrected chi connectivity index (χ3v) is 11.0. The number of nitrogens with one attached hydrogen (secondary N) is 2. The fourth-order valence-electron chi connectivity index (χ4n) is 7.98. The number of hydrogen-bond donors (Lipinski definition) is 2. The lowest BCUT2D eigenvalue weighted by molar-refractivity contribution is -0.136. The highest BCUT2D eigenvalue weighted by Gasteiger charge is 2.45. The van der Waals surface area contributed by atoms with Crippen molar-refractivity contribution in [3.63, 3.8) is 0 Å². The van der Waals surface area contributed by atoms with Gasteiger partial charge in [0.05, 0.1) is 46.8 Å². The SMILES string of the molecule is O=C1CCC(N2C(=O)c3cccc(NC(=O)CCCn4cc(CN5CCN(c6nc(N7CCOCC7)nc(-n7c(C(F)F)nc8ccccc87)n6)CC5)nn4)c3C2=O)C(=O)N1. The zero-order chi connectivity index (χ0) is 42.2. The van der Waals surface area contributed by atoms with Crippen LogP contribution >= 0.6 is 0 Å². The van der Waals surface area contributed by atoms with Crippen LogP contribution in [-0.4, -0.2) is 137 Å². The second-order valence-corrected chi connectivity index (χ2v) is 15.0. The summed E-state index contributed by atoms with van der Waals surface area (Å²) in [5, 5.41) is 13.5. The molecule has 0 spiro atoms. The third-order valence-electron chi connectivity index (χ3n) is 11.0. The number of halogens is 2. The molecule has 316 valence electrons. The second-order valence-electron chi connectivity index (χ2n) is 15.0. The molecule has 5 aromatic rings. The molecule has 2 N–H and O–H groups in total. The Morgan fingerprint density at radius 1 is 0.869 bits per heavy atom. The van der Waals surface area contributed by atoms with Crippen molar-refractivity contribution < 1.29 is 37.5 Å². The van der Waals surface area contributed by atoms with Crippen LogP contribution in [0.4, 0.5) is 26.4 Å². The van der Waals surface area contributed by atoms with Crippen molar-refractivity contribution in [2.24, 2.45) is 0 Å². The number of piperazine rings is 1. The molecule has 0 aliphatic carbocycles. The van der Waals surface area contributed by atoms with Crippen molar-refractivity contribution >= 4 is 58.2 Å². The largest absolute Gasteiger partial charge is 0.378 e. The minimum Gasteiger partial charge on any atom is -0.378 e. The van der Waals surface area contributed by atoms with E-state index in [-0.39, 0.29) is 47.9 Å². The number of imide groups is 2. The van der Waals surface area contributed by atoms with Crippen molar-refractivity contribution in [2.75, 3.05) is 67.6 Å². The molecule has 61 heavy (non-hydrogen) atoms. The number of nitrogens with zero attached hydrogens (tertiary/aromatic N) is 12. The quantitative estimate of drug-likeness (QED) is 0.171. The number of hydrogen-bond acceptors (Lipinski definition) is 15. The number of imidazole rings is 1. The average Bonchev–Trinajstić information content (AvgIpc) is 3.96. The molecule has 7 heterocycles. The number of carbonyl (C=O) groups excluding carboxylic acids is 5. The number of amides is 5. The van der Waals surface area contributed by atoms with Gasteiger partial charge in [0.15, 0.2) is 5.82 Å². The zero-order valence-corrected chi connectivity index (χ0v) is 32.7. The maximum Gasteiger partial charge on any atom is 0.296 e. The molecule has 3 aromatic heterocycles. The average molecular weight is 839 g/mol. The number of piperidine rings is 1. The highest BCUT2D eigenvalue weighted by Crippen LogP contribution is 2.33. The van der Waals surface area contributed by atoms with E-state index in [1.807, 2.05) is 16.0 Å². The molecule has 0 radical (unpaired) electrons. The van der Waals surface area contributed by atoms with Crippen LogP contribution < -0.4 is 20.4 Å². The molecule has 0 bridgehead atoms. The summed E-state index contributed by atoms with van der Waals surface area (Å²) < 4.78 is 37.1. The van der Waals surface area contributed by atoms with Crippen molar-refractivity contribution in [3.05, 3.63) is 71.3 Å². The number of fused-ring (bicyclic) bond motifs is 2. The van der Waals surface area contributed by atoms with E-state index in [1.54, 1.807) is 35.0 Å². The fraction of sp³-hybridized carbons (Fsp3) is 0.410. The van der Waals surface area contributed by atoms with Crippen molar-refractivity contribution in [3.8, 4) is 5.95 Å². The first-order chi connectivity index (χ1) is 29.6. The molecule has 4 aliphatic rings. The number of alkyl halides is 2. The van der Waals surface area contributed by atoms with Gasteiger partial charge >= 0.3 is 0 Å². The van der Waals surface area contributed by atoms with Gasteiger partial charge in [0.2, 0.25) is 35.6 Å². The van der Waals surface area contributed by atoms with Gasteiger partial charge in [-0.15, -0.1) is 5.10 Å². The number of rotatable bonds is 12. The molecule has 22 heteroatoms. The van der Waals surface area contributed by atoms with Crippen LogP contribution in [0.1, 0.15) is 64.3 Å². The van der Waals surface area contributed by atoms with Gasteiger partial charge in [-0.05, 0) is 37.1 Å². The molecular formula is C39H40F2N14O6. The summed E-state index contributed by atoms with van der Waals surface area (Å²) in [7, 11) is 0. The number of benzene rings is 2. The summed E-state index contributed by atoms with van der Waals surface area (Å²) in [6.45, 7) is 5.39.